The molecule has 0 saturated heterocycles. The topological polar surface area (TPSA) is 197 Å². The zero-order valence-corrected chi connectivity index (χ0v) is 42.6. The van der Waals surface area contributed by atoms with Crippen LogP contribution in [0.1, 0.15) is 64.6 Å². The number of aliphatic hydroxyl groups excluding tert-OH is 2. The van der Waals surface area contributed by atoms with E-state index in [0.717, 1.165) is 28.0 Å². The number of nitrogens with zero attached hydrogens (tertiary/aromatic N) is 5. The van der Waals surface area contributed by atoms with E-state index in [4.69, 9.17) is 51.4 Å². The normalized spacial score (nSPS) is 12.8. The van der Waals surface area contributed by atoms with Gasteiger partial charge in [-0.15, -0.1) is 15.3 Å². The van der Waals surface area contributed by atoms with Crippen LogP contribution in [0, 0.1) is 11.7 Å². The molecule has 0 unspecified atom stereocenters. The standard InChI is InChI=1S/C18H16BrN3OS.C15H12BrN3S.C9H10ClNO2.C7H6ClNO2/c1-11(23)10-24-18-21-20-17(19)22(18)16-9-8-13(12-6-7-12)14-4-2-3-5-15(14)16;16-14-17-18-15(20)19(14)13-8-7-10(9-5-6-9)11-3-1-2-4-12(11)13;1-6-2-3-8(7(10)4-6)11-9(13)5-12;8-5-3-4(7(10)11)1-2-6(5)9/h2-5,8-9,12,23H,1,6-7,10H2;1-4,7-9H,5-6H2,(H,18,20);2-4,12H,5H2,1H3,(H,11,13);1-3H,9H2,(H,10,11). The Morgan fingerprint density at radius 3 is 1.87 bits per heavy atom. The van der Waals surface area contributed by atoms with E-state index in [0.29, 0.717) is 42.3 Å². The molecule has 2 saturated carbocycles. The molecule has 2 aliphatic rings. The summed E-state index contributed by atoms with van der Waals surface area (Å²) in [4.78, 5) is 21.2. The lowest BCUT2D eigenvalue weighted by Gasteiger charge is -2.13. The van der Waals surface area contributed by atoms with Gasteiger partial charge in [0, 0.05) is 10.8 Å². The number of rotatable bonds is 10. The SMILES string of the molecule is C=C(O)CSc1nnc(Br)n1-c1ccc(C2CC2)c2ccccc12.Cc1ccc(NC(=O)CO)c(Cl)c1.Nc1ccc(C(=O)O)cc1Cl.S=c1[nH]nc(Br)n1-c1ccc(C2CC2)c2ccccc12. The highest BCUT2D eigenvalue weighted by Crippen LogP contribution is 2.45. The van der Waals surface area contributed by atoms with Gasteiger partial charge in [0.05, 0.1) is 49.9 Å². The molecule has 2 fully saturated rings. The smallest absolute Gasteiger partial charge is 0.335 e. The molecule has 0 radical (unpaired) electrons. The monoisotopic (exact) mass is 1120 g/mol. The number of halogens is 4. The molecule has 0 aliphatic heterocycles. The van der Waals surface area contributed by atoms with Gasteiger partial charge in [0.1, 0.15) is 6.61 Å². The first-order valence-corrected chi connectivity index (χ1v) is 24.8. The van der Waals surface area contributed by atoms with Crippen LogP contribution < -0.4 is 11.1 Å². The fourth-order valence-electron chi connectivity index (χ4n) is 7.26. The Hall–Kier alpha value is -5.53. The lowest BCUT2D eigenvalue weighted by atomic mass is 9.99. The lowest BCUT2D eigenvalue weighted by Crippen LogP contribution is -2.15. The predicted octanol–water partition coefficient (Wildman–Crippen LogP) is 13.1. The summed E-state index contributed by atoms with van der Waals surface area (Å²) in [6, 6.07) is 35.2. The third-order valence-electron chi connectivity index (χ3n) is 10.8. The number of carboxylic acid groups (broad SMARTS) is 1. The number of aryl methyl sites for hydroxylation is 1. The number of fused-ring (bicyclic) bond motifs is 2. The van der Waals surface area contributed by atoms with Crippen molar-refractivity contribution in [3.05, 3.63) is 168 Å². The second kappa shape index (κ2) is 22.7. The molecule has 7 N–H and O–H groups in total. The van der Waals surface area contributed by atoms with Crippen LogP contribution in [0.25, 0.3) is 32.9 Å². The molecule has 8 aromatic rings. The number of nitrogens with two attached hydrogens (primary N) is 1. The quantitative estimate of drug-likeness (QED) is 0.0330. The van der Waals surface area contributed by atoms with Crippen LogP contribution >= 0.6 is 79.0 Å². The Morgan fingerprint density at radius 1 is 0.809 bits per heavy atom. The van der Waals surface area contributed by atoms with Gasteiger partial charge < -0.3 is 26.4 Å². The number of benzene rings is 6. The van der Waals surface area contributed by atoms with Crippen molar-refractivity contribution in [1.82, 2.24) is 29.5 Å². The molecule has 0 bridgehead atoms. The number of nitrogens with one attached hydrogen (secondary N) is 2. The summed E-state index contributed by atoms with van der Waals surface area (Å²) in [6.07, 6.45) is 5.16. The number of anilines is 2. The number of amides is 1. The molecule has 0 atom stereocenters. The predicted molar refractivity (Wildman–Crippen MR) is 282 cm³/mol. The number of aliphatic hydroxyl groups is 2. The number of carbonyl (C=O) groups excluding carboxylic acids is 1. The van der Waals surface area contributed by atoms with Crippen molar-refractivity contribution in [1.29, 1.82) is 0 Å². The summed E-state index contributed by atoms with van der Waals surface area (Å²) in [5.74, 6) is 0.468. The second-order valence-corrected chi connectivity index (χ2v) is 19.4. The number of hydrogen-bond acceptors (Lipinski definition) is 10. The van der Waals surface area contributed by atoms with Gasteiger partial charge in [0.25, 0.3) is 0 Å². The molecule has 10 rings (SSSR count). The molecular formula is C49H44Br2Cl2N8O5S2. The Kier molecular flexibility index (Phi) is 16.8. The third-order valence-corrected chi connectivity index (χ3v) is 13.7. The van der Waals surface area contributed by atoms with Crippen molar-refractivity contribution < 1.29 is 24.9 Å². The number of carboxylic acids is 1. The van der Waals surface area contributed by atoms with E-state index >= 15 is 0 Å². The number of H-pyrrole nitrogens is 1. The number of aromatic carboxylic acids is 1. The minimum Gasteiger partial charge on any atom is -0.512 e. The van der Waals surface area contributed by atoms with E-state index in [9.17, 15) is 14.7 Å². The highest BCUT2D eigenvalue weighted by Gasteiger charge is 2.27. The van der Waals surface area contributed by atoms with Gasteiger partial charge in [-0.2, -0.15) is 0 Å². The Balaban J connectivity index is 0.000000141. The van der Waals surface area contributed by atoms with Crippen molar-refractivity contribution in [3.8, 4) is 11.4 Å². The van der Waals surface area contributed by atoms with Crippen molar-refractivity contribution >= 4 is 124 Å². The maximum absolute atomic E-state index is 10.8. The van der Waals surface area contributed by atoms with Crippen LogP contribution in [-0.2, 0) is 4.79 Å². The molecule has 68 heavy (non-hydrogen) atoms. The molecule has 19 heteroatoms. The van der Waals surface area contributed by atoms with E-state index in [1.165, 1.54) is 88.3 Å². The summed E-state index contributed by atoms with van der Waals surface area (Å²) >= 11 is 25.1. The Labute approximate surface area is 427 Å². The van der Waals surface area contributed by atoms with Crippen molar-refractivity contribution in [2.24, 2.45) is 0 Å². The summed E-state index contributed by atoms with van der Waals surface area (Å²) in [5.41, 5.74) is 12.4. The fraction of sp³-hybridized carbons (Fsp3) is 0.184. The molecule has 13 nitrogen and oxygen atoms in total. The number of carbonyl (C=O) groups is 2. The minimum absolute atomic E-state index is 0.125. The fourth-order valence-corrected chi connectivity index (χ4v) is 9.79. The van der Waals surface area contributed by atoms with E-state index in [-0.39, 0.29) is 16.3 Å². The largest absolute Gasteiger partial charge is 0.512 e. The molecule has 2 aliphatic carbocycles. The van der Waals surface area contributed by atoms with Crippen molar-refractivity contribution in [2.45, 2.75) is 49.6 Å². The van der Waals surface area contributed by atoms with Gasteiger partial charge in [-0.1, -0.05) is 108 Å². The number of hydrogen-bond donors (Lipinski definition) is 6. The van der Waals surface area contributed by atoms with Gasteiger partial charge in [0.2, 0.25) is 20.1 Å². The molecule has 0 spiro atoms. The minimum atomic E-state index is -1.01. The van der Waals surface area contributed by atoms with Crippen LogP contribution in [0.5, 0.6) is 0 Å². The van der Waals surface area contributed by atoms with Gasteiger partial charge in [-0.25, -0.2) is 4.79 Å². The molecular weight excluding hydrogens is 1080 g/mol. The zero-order chi connectivity index (χ0) is 48.6. The summed E-state index contributed by atoms with van der Waals surface area (Å²) in [5, 5.41) is 50.6. The molecule has 6 aromatic carbocycles. The molecule has 2 heterocycles. The Morgan fingerprint density at radius 2 is 1.38 bits per heavy atom. The van der Waals surface area contributed by atoms with Crippen LogP contribution in [0.15, 0.2) is 136 Å². The average Bonchev–Trinajstić information content (AvgIpc) is 4.28. The summed E-state index contributed by atoms with van der Waals surface area (Å²) in [7, 11) is 0. The van der Waals surface area contributed by atoms with E-state index in [1.807, 2.05) is 22.1 Å². The van der Waals surface area contributed by atoms with Crippen molar-refractivity contribution in [2.75, 3.05) is 23.4 Å². The first-order chi connectivity index (χ1) is 32.6. The van der Waals surface area contributed by atoms with Crippen molar-refractivity contribution in [3.63, 3.8) is 0 Å². The highest BCUT2D eigenvalue weighted by molar-refractivity contribution is 9.10. The maximum Gasteiger partial charge on any atom is 0.335 e. The van der Waals surface area contributed by atoms with E-state index < -0.39 is 18.5 Å². The summed E-state index contributed by atoms with van der Waals surface area (Å²) in [6.45, 7) is 4.90. The van der Waals surface area contributed by atoms with Gasteiger partial charge in [0.15, 0.2) is 5.16 Å². The van der Waals surface area contributed by atoms with E-state index in [2.05, 4.69) is 137 Å². The van der Waals surface area contributed by atoms with Gasteiger partial charge in [-0.05, 0) is 158 Å². The number of aromatic nitrogens is 6. The lowest BCUT2D eigenvalue weighted by molar-refractivity contribution is -0.118. The zero-order valence-electron chi connectivity index (χ0n) is 36.3. The first kappa shape index (κ1) is 50.3. The number of thioether (sulfide) groups is 1. The first-order valence-electron chi connectivity index (χ1n) is 21.1. The van der Waals surface area contributed by atoms with Gasteiger partial charge >= 0.3 is 5.97 Å². The summed E-state index contributed by atoms with van der Waals surface area (Å²) < 4.78 is 5.85. The average molecular weight is 1120 g/mol. The number of aromatic amines is 1. The van der Waals surface area contributed by atoms with Gasteiger partial charge in [-0.3, -0.25) is 19.0 Å². The van der Waals surface area contributed by atoms with E-state index in [1.54, 1.807) is 12.1 Å². The van der Waals surface area contributed by atoms with Crippen LogP contribution in [0.2, 0.25) is 10.0 Å². The van der Waals surface area contributed by atoms with Crippen LogP contribution in [0.3, 0.4) is 0 Å². The van der Waals surface area contributed by atoms with Crippen LogP contribution in [-0.4, -0.2) is 69.1 Å². The molecule has 1 amide bonds. The molecule has 350 valence electrons. The third kappa shape index (κ3) is 12.4. The maximum atomic E-state index is 10.8. The second-order valence-electron chi connectivity index (χ2n) is 15.8. The Bertz CT molecular complexity index is 3230. The van der Waals surface area contributed by atoms with Crippen LogP contribution in [0.4, 0.5) is 11.4 Å². The molecule has 2 aromatic heterocycles. The number of nitrogen functional groups attached to an aromatic ring is 1. The highest BCUT2D eigenvalue weighted by atomic mass is 79.9.